The molecule has 1 N–H and O–H groups in total. The summed E-state index contributed by atoms with van der Waals surface area (Å²) in [6.45, 7) is -0.573. The zero-order valence-electron chi connectivity index (χ0n) is 16.9. The third-order valence-corrected chi connectivity index (χ3v) is 7.17. The standard InChI is InChI=1S/C22H19Cl3N2O4S/c1-31-21-11-8-17(24)12-20(21)26-22(28)14-27(13-15-4-2-3-5-19(15)25)32(29,30)18-9-6-16(23)7-10-18/h2-12H,13-14H2,1H3,(H,26,28). The highest BCUT2D eigenvalue weighted by molar-refractivity contribution is 7.89. The van der Waals surface area contributed by atoms with Crippen molar-refractivity contribution < 1.29 is 17.9 Å². The van der Waals surface area contributed by atoms with Crippen LogP contribution in [0.4, 0.5) is 5.69 Å². The van der Waals surface area contributed by atoms with Crippen LogP contribution in [0.5, 0.6) is 5.75 Å². The van der Waals surface area contributed by atoms with Crippen molar-refractivity contribution in [1.82, 2.24) is 4.31 Å². The molecule has 0 fully saturated rings. The van der Waals surface area contributed by atoms with Crippen LogP contribution in [-0.2, 0) is 21.4 Å². The normalized spacial score (nSPS) is 11.4. The largest absolute Gasteiger partial charge is 0.495 e. The van der Waals surface area contributed by atoms with E-state index in [1.54, 1.807) is 36.4 Å². The summed E-state index contributed by atoms with van der Waals surface area (Å²) in [5.41, 5.74) is 0.881. The minimum atomic E-state index is -4.05. The molecule has 0 heterocycles. The number of amides is 1. The number of nitrogens with one attached hydrogen (secondary N) is 1. The van der Waals surface area contributed by atoms with E-state index >= 15 is 0 Å². The molecule has 1 amide bonds. The van der Waals surface area contributed by atoms with Gasteiger partial charge in [0, 0.05) is 21.6 Å². The van der Waals surface area contributed by atoms with Gasteiger partial charge in [-0.05, 0) is 54.1 Å². The number of sulfonamides is 1. The topological polar surface area (TPSA) is 75.7 Å². The fourth-order valence-corrected chi connectivity index (χ4v) is 4.79. The lowest BCUT2D eigenvalue weighted by Gasteiger charge is -2.23. The van der Waals surface area contributed by atoms with E-state index in [9.17, 15) is 13.2 Å². The van der Waals surface area contributed by atoms with E-state index < -0.39 is 22.5 Å². The van der Waals surface area contributed by atoms with E-state index in [0.29, 0.717) is 32.1 Å². The smallest absolute Gasteiger partial charge is 0.243 e. The minimum Gasteiger partial charge on any atom is -0.495 e. The summed E-state index contributed by atoms with van der Waals surface area (Å²) in [5.74, 6) is -0.184. The van der Waals surface area contributed by atoms with Crippen molar-refractivity contribution in [3.8, 4) is 5.75 Å². The molecular formula is C22H19Cl3N2O4S. The maximum Gasteiger partial charge on any atom is 0.243 e. The molecule has 0 saturated carbocycles. The molecule has 6 nitrogen and oxygen atoms in total. The van der Waals surface area contributed by atoms with Gasteiger partial charge < -0.3 is 10.1 Å². The zero-order valence-corrected chi connectivity index (χ0v) is 20.0. The van der Waals surface area contributed by atoms with Crippen molar-refractivity contribution in [1.29, 1.82) is 0 Å². The molecule has 0 aromatic heterocycles. The second-order valence-electron chi connectivity index (χ2n) is 6.71. The molecule has 0 radical (unpaired) electrons. The monoisotopic (exact) mass is 512 g/mol. The average molecular weight is 514 g/mol. The Bertz CT molecular complexity index is 1220. The van der Waals surface area contributed by atoms with Crippen LogP contribution in [0.2, 0.25) is 15.1 Å². The van der Waals surface area contributed by atoms with Gasteiger partial charge in [-0.2, -0.15) is 4.31 Å². The summed E-state index contributed by atoms with van der Waals surface area (Å²) < 4.78 is 33.0. The van der Waals surface area contributed by atoms with Gasteiger partial charge in [-0.15, -0.1) is 0 Å². The maximum atomic E-state index is 13.3. The summed E-state index contributed by atoms with van der Waals surface area (Å²) in [4.78, 5) is 12.8. The van der Waals surface area contributed by atoms with Gasteiger partial charge in [0.25, 0.3) is 0 Å². The first-order chi connectivity index (χ1) is 15.2. The number of halogens is 3. The molecule has 0 saturated heterocycles. The Kier molecular flexibility index (Phi) is 8.03. The van der Waals surface area contributed by atoms with Gasteiger partial charge in [-0.25, -0.2) is 8.42 Å². The summed E-state index contributed by atoms with van der Waals surface area (Å²) in [7, 11) is -2.59. The molecule has 0 unspecified atom stereocenters. The van der Waals surface area contributed by atoms with E-state index in [2.05, 4.69) is 5.32 Å². The SMILES string of the molecule is COc1ccc(Cl)cc1NC(=O)CN(Cc1ccccc1Cl)S(=O)(=O)c1ccc(Cl)cc1. The van der Waals surface area contributed by atoms with Crippen LogP contribution >= 0.6 is 34.8 Å². The quantitative estimate of drug-likeness (QED) is 0.432. The molecule has 3 aromatic rings. The van der Waals surface area contributed by atoms with Gasteiger partial charge in [0.05, 0.1) is 24.2 Å². The van der Waals surface area contributed by atoms with Crippen molar-refractivity contribution >= 4 is 56.4 Å². The van der Waals surface area contributed by atoms with Gasteiger partial charge in [0.2, 0.25) is 15.9 Å². The van der Waals surface area contributed by atoms with E-state index in [4.69, 9.17) is 39.5 Å². The predicted molar refractivity (Wildman–Crippen MR) is 127 cm³/mol. The molecule has 32 heavy (non-hydrogen) atoms. The van der Waals surface area contributed by atoms with Crippen LogP contribution in [0, 0.1) is 0 Å². The third kappa shape index (κ3) is 5.94. The van der Waals surface area contributed by atoms with Gasteiger partial charge in [-0.3, -0.25) is 4.79 Å². The van der Waals surface area contributed by atoms with Crippen LogP contribution in [0.3, 0.4) is 0 Å². The molecule has 0 atom stereocenters. The van der Waals surface area contributed by atoms with Crippen LogP contribution < -0.4 is 10.1 Å². The predicted octanol–water partition coefficient (Wildman–Crippen LogP) is 5.49. The number of carbonyl (C=O) groups is 1. The first-order valence-corrected chi connectivity index (χ1v) is 11.9. The highest BCUT2D eigenvalue weighted by Crippen LogP contribution is 2.28. The molecule has 10 heteroatoms. The highest BCUT2D eigenvalue weighted by Gasteiger charge is 2.28. The summed E-state index contributed by atoms with van der Waals surface area (Å²) >= 11 is 18.1. The Morgan fingerprint density at radius 1 is 0.969 bits per heavy atom. The summed E-state index contributed by atoms with van der Waals surface area (Å²) in [5, 5.41) is 3.83. The maximum absolute atomic E-state index is 13.3. The average Bonchev–Trinajstić information content (AvgIpc) is 2.75. The van der Waals surface area contributed by atoms with Gasteiger partial charge in [0.1, 0.15) is 5.75 Å². The lowest BCUT2D eigenvalue weighted by Crippen LogP contribution is -2.37. The number of nitrogens with zero attached hydrogens (tertiary/aromatic N) is 1. The molecule has 0 aliphatic heterocycles. The number of carbonyl (C=O) groups excluding carboxylic acids is 1. The van der Waals surface area contributed by atoms with Crippen LogP contribution in [0.25, 0.3) is 0 Å². The van der Waals surface area contributed by atoms with Crippen LogP contribution in [0.15, 0.2) is 71.6 Å². The first-order valence-electron chi connectivity index (χ1n) is 9.33. The number of hydrogen-bond acceptors (Lipinski definition) is 4. The molecule has 168 valence electrons. The van der Waals surface area contributed by atoms with Crippen molar-refractivity contribution in [2.45, 2.75) is 11.4 Å². The van der Waals surface area contributed by atoms with Gasteiger partial charge >= 0.3 is 0 Å². The second-order valence-corrected chi connectivity index (χ2v) is 9.93. The second kappa shape index (κ2) is 10.6. The van der Waals surface area contributed by atoms with E-state index in [0.717, 1.165) is 4.31 Å². The lowest BCUT2D eigenvalue weighted by molar-refractivity contribution is -0.116. The van der Waals surface area contributed by atoms with Gasteiger partial charge in [0.15, 0.2) is 0 Å². The number of benzene rings is 3. The number of methoxy groups -OCH3 is 1. The van der Waals surface area contributed by atoms with Crippen molar-refractivity contribution in [3.05, 3.63) is 87.4 Å². The van der Waals surface area contributed by atoms with Gasteiger partial charge in [-0.1, -0.05) is 53.0 Å². The molecule has 0 aliphatic rings. The lowest BCUT2D eigenvalue weighted by atomic mass is 10.2. The van der Waals surface area contributed by atoms with E-state index in [1.165, 1.54) is 37.4 Å². The molecule has 3 aromatic carbocycles. The fraction of sp³-hybridized carbons (Fsp3) is 0.136. The number of ether oxygens (including phenoxy) is 1. The molecule has 0 aliphatic carbocycles. The molecule has 0 spiro atoms. The third-order valence-electron chi connectivity index (χ3n) is 4.51. The fourth-order valence-electron chi connectivity index (χ4n) is 2.93. The minimum absolute atomic E-state index is 0.00193. The Balaban J connectivity index is 1.92. The van der Waals surface area contributed by atoms with Crippen molar-refractivity contribution in [3.63, 3.8) is 0 Å². The molecule has 3 rings (SSSR count). The number of rotatable bonds is 8. The Hall–Kier alpha value is -2.29. The first kappa shape index (κ1) is 24.4. The van der Waals surface area contributed by atoms with Crippen LogP contribution in [-0.4, -0.2) is 32.3 Å². The van der Waals surface area contributed by atoms with E-state index in [1.807, 2.05) is 0 Å². The van der Waals surface area contributed by atoms with E-state index in [-0.39, 0.29) is 11.4 Å². The van der Waals surface area contributed by atoms with Crippen molar-refractivity contribution in [2.24, 2.45) is 0 Å². The zero-order chi connectivity index (χ0) is 23.3. The summed E-state index contributed by atoms with van der Waals surface area (Å²) in [6, 6.07) is 17.3. The number of anilines is 1. The Morgan fingerprint density at radius 2 is 1.62 bits per heavy atom. The molecule has 0 bridgehead atoms. The molecular weight excluding hydrogens is 495 g/mol. The van der Waals surface area contributed by atoms with Crippen LogP contribution in [0.1, 0.15) is 5.56 Å². The Labute approximate surface area is 201 Å². The number of hydrogen-bond donors (Lipinski definition) is 1. The summed E-state index contributed by atoms with van der Waals surface area (Å²) in [6.07, 6.45) is 0. The Morgan fingerprint density at radius 3 is 2.28 bits per heavy atom. The highest BCUT2D eigenvalue weighted by atomic mass is 35.5. The van der Waals surface area contributed by atoms with Crippen molar-refractivity contribution in [2.75, 3.05) is 19.0 Å².